The highest BCUT2D eigenvalue weighted by Crippen LogP contribution is 2.21. The Morgan fingerprint density at radius 3 is 2.71 bits per heavy atom. The molecule has 0 aliphatic carbocycles. The van der Waals surface area contributed by atoms with Crippen molar-refractivity contribution in [2.24, 2.45) is 5.73 Å². The summed E-state index contributed by atoms with van der Waals surface area (Å²) in [6.45, 7) is 0. The molecule has 6 heteroatoms. The Hall–Kier alpha value is -0.880. The first-order valence-corrected chi connectivity index (χ1v) is 6.57. The maximum atomic E-state index is 11.1. The summed E-state index contributed by atoms with van der Waals surface area (Å²) in [6.07, 6.45) is 2.89. The standard InChI is InChI=1S/C8H10NO3S2/c1-14(11,12)7-4-6(13-5-7)2-3-8(9)10/h2,4-5H,3H2,1H3,(H2,9,10). The third kappa shape index (κ3) is 3.12. The SMILES string of the molecule is CS(=O)(=O)c1csc([CH]CC(N)=O)c1. The van der Waals surface area contributed by atoms with Gasteiger partial charge in [-0.15, -0.1) is 11.3 Å². The molecule has 0 aliphatic rings. The molecule has 0 unspecified atom stereocenters. The van der Waals surface area contributed by atoms with E-state index in [1.54, 1.807) is 11.8 Å². The van der Waals surface area contributed by atoms with Crippen molar-refractivity contribution in [3.63, 3.8) is 0 Å². The van der Waals surface area contributed by atoms with Crippen molar-refractivity contribution in [3.05, 3.63) is 22.7 Å². The first-order valence-electron chi connectivity index (χ1n) is 3.79. The predicted octanol–water partition coefficient (Wildman–Crippen LogP) is 0.579. The first-order chi connectivity index (χ1) is 6.39. The van der Waals surface area contributed by atoms with E-state index in [1.807, 2.05) is 0 Å². The Bertz CT molecular complexity index is 433. The lowest BCUT2D eigenvalue weighted by Gasteiger charge is -1.91. The van der Waals surface area contributed by atoms with E-state index in [-0.39, 0.29) is 11.3 Å². The Morgan fingerprint density at radius 1 is 1.64 bits per heavy atom. The van der Waals surface area contributed by atoms with E-state index < -0.39 is 15.7 Å². The quantitative estimate of drug-likeness (QED) is 0.824. The maximum Gasteiger partial charge on any atom is 0.218 e. The zero-order valence-electron chi connectivity index (χ0n) is 7.56. The zero-order chi connectivity index (χ0) is 10.8. The number of carbonyl (C=O) groups excluding carboxylic acids is 1. The highest BCUT2D eigenvalue weighted by Gasteiger charge is 2.10. The van der Waals surface area contributed by atoms with Gasteiger partial charge in [0.2, 0.25) is 5.91 Å². The average molecular weight is 232 g/mol. The summed E-state index contributed by atoms with van der Waals surface area (Å²) in [5, 5.41) is 1.54. The van der Waals surface area contributed by atoms with Crippen LogP contribution in [0.1, 0.15) is 11.3 Å². The van der Waals surface area contributed by atoms with Crippen LogP contribution in [0.5, 0.6) is 0 Å². The van der Waals surface area contributed by atoms with Crippen LogP contribution in [0.2, 0.25) is 0 Å². The van der Waals surface area contributed by atoms with Crippen molar-refractivity contribution in [2.75, 3.05) is 6.26 Å². The summed E-state index contributed by atoms with van der Waals surface area (Å²) in [5.41, 5.74) is 4.95. The van der Waals surface area contributed by atoms with Crippen LogP contribution in [-0.2, 0) is 14.6 Å². The number of nitrogens with two attached hydrogens (primary N) is 1. The molecule has 1 amide bonds. The van der Waals surface area contributed by atoms with E-state index >= 15 is 0 Å². The molecular weight excluding hydrogens is 222 g/mol. The number of hydrogen-bond donors (Lipinski definition) is 1. The van der Waals surface area contributed by atoms with Crippen molar-refractivity contribution < 1.29 is 13.2 Å². The fourth-order valence-electron chi connectivity index (χ4n) is 0.837. The van der Waals surface area contributed by atoms with Crippen LogP contribution < -0.4 is 5.73 Å². The van der Waals surface area contributed by atoms with Crippen LogP contribution in [0.4, 0.5) is 0 Å². The largest absolute Gasteiger partial charge is 0.370 e. The number of hydrogen-bond acceptors (Lipinski definition) is 4. The molecule has 1 aromatic heterocycles. The molecule has 0 aromatic carbocycles. The van der Waals surface area contributed by atoms with Gasteiger partial charge in [-0.3, -0.25) is 4.79 Å². The zero-order valence-corrected chi connectivity index (χ0v) is 9.19. The molecule has 1 rings (SSSR count). The second-order valence-electron chi connectivity index (χ2n) is 2.83. The van der Waals surface area contributed by atoms with E-state index in [2.05, 4.69) is 0 Å². The minimum absolute atomic E-state index is 0.129. The summed E-state index contributed by atoms with van der Waals surface area (Å²) >= 11 is 1.28. The lowest BCUT2D eigenvalue weighted by atomic mass is 10.2. The van der Waals surface area contributed by atoms with Gasteiger partial charge in [0.25, 0.3) is 0 Å². The van der Waals surface area contributed by atoms with E-state index in [0.29, 0.717) is 0 Å². The minimum atomic E-state index is -3.15. The van der Waals surface area contributed by atoms with Crippen molar-refractivity contribution in [1.82, 2.24) is 0 Å². The topological polar surface area (TPSA) is 77.2 Å². The van der Waals surface area contributed by atoms with E-state index in [9.17, 15) is 13.2 Å². The molecule has 0 saturated heterocycles. The summed E-state index contributed by atoms with van der Waals surface area (Å²) in [5.74, 6) is -0.431. The molecule has 0 bridgehead atoms. The molecule has 0 saturated carbocycles. The highest BCUT2D eigenvalue weighted by atomic mass is 32.2. The minimum Gasteiger partial charge on any atom is -0.370 e. The molecular formula is C8H10NO3S2. The summed E-state index contributed by atoms with van der Waals surface area (Å²) in [4.78, 5) is 11.5. The van der Waals surface area contributed by atoms with Gasteiger partial charge in [-0.25, -0.2) is 8.42 Å². The van der Waals surface area contributed by atoms with Gasteiger partial charge in [0.1, 0.15) is 0 Å². The van der Waals surface area contributed by atoms with Gasteiger partial charge in [0.05, 0.1) is 4.90 Å². The molecule has 0 fully saturated rings. The molecule has 2 N–H and O–H groups in total. The second-order valence-corrected chi connectivity index (χ2v) is 5.79. The number of sulfone groups is 1. The fourth-order valence-corrected chi connectivity index (χ4v) is 2.79. The predicted molar refractivity (Wildman–Crippen MR) is 54.6 cm³/mol. The third-order valence-corrected chi connectivity index (χ3v) is 3.70. The summed E-state index contributed by atoms with van der Waals surface area (Å²) in [7, 11) is -3.15. The molecule has 1 aromatic rings. The van der Waals surface area contributed by atoms with Crippen LogP contribution >= 0.6 is 11.3 Å². The molecule has 0 spiro atoms. The molecule has 1 heterocycles. The van der Waals surface area contributed by atoms with Gasteiger partial charge in [-0.1, -0.05) is 0 Å². The normalized spacial score (nSPS) is 11.5. The van der Waals surface area contributed by atoms with Crippen molar-refractivity contribution in [1.29, 1.82) is 0 Å². The Labute approximate surface area is 86.7 Å². The monoisotopic (exact) mass is 232 g/mol. The number of carbonyl (C=O) groups is 1. The molecule has 77 valence electrons. The van der Waals surface area contributed by atoms with Crippen LogP contribution in [-0.4, -0.2) is 20.6 Å². The van der Waals surface area contributed by atoms with Crippen LogP contribution in [0.15, 0.2) is 16.3 Å². The Kier molecular flexibility index (Phi) is 3.28. The van der Waals surface area contributed by atoms with Gasteiger partial charge >= 0.3 is 0 Å². The van der Waals surface area contributed by atoms with Gasteiger partial charge < -0.3 is 5.73 Å². The Morgan fingerprint density at radius 2 is 2.29 bits per heavy atom. The smallest absolute Gasteiger partial charge is 0.218 e. The summed E-state index contributed by atoms with van der Waals surface area (Å²) < 4.78 is 22.2. The van der Waals surface area contributed by atoms with Crippen LogP contribution in [0, 0.1) is 6.42 Å². The summed E-state index contributed by atoms with van der Waals surface area (Å²) in [6, 6.07) is 1.53. The van der Waals surface area contributed by atoms with Crippen molar-refractivity contribution >= 4 is 27.1 Å². The van der Waals surface area contributed by atoms with E-state index in [0.717, 1.165) is 11.1 Å². The fraction of sp³-hybridized carbons (Fsp3) is 0.250. The van der Waals surface area contributed by atoms with Gasteiger partial charge in [-0.05, 0) is 6.07 Å². The maximum absolute atomic E-state index is 11.1. The molecule has 4 nitrogen and oxygen atoms in total. The number of thiophene rings is 1. The van der Waals surface area contributed by atoms with Gasteiger partial charge in [-0.2, -0.15) is 0 Å². The number of amides is 1. The third-order valence-electron chi connectivity index (χ3n) is 1.53. The number of rotatable bonds is 4. The molecule has 0 aliphatic heterocycles. The van der Waals surface area contributed by atoms with E-state index in [4.69, 9.17) is 5.73 Å². The highest BCUT2D eigenvalue weighted by molar-refractivity contribution is 7.90. The lowest BCUT2D eigenvalue weighted by Crippen LogP contribution is -2.09. The van der Waals surface area contributed by atoms with Crippen LogP contribution in [0.25, 0.3) is 0 Å². The van der Waals surface area contributed by atoms with E-state index in [1.165, 1.54) is 17.4 Å². The van der Waals surface area contributed by atoms with Gasteiger partial charge in [0.15, 0.2) is 9.84 Å². The number of primary amides is 1. The van der Waals surface area contributed by atoms with Crippen molar-refractivity contribution in [3.8, 4) is 0 Å². The first kappa shape index (κ1) is 11.2. The molecule has 14 heavy (non-hydrogen) atoms. The van der Waals surface area contributed by atoms with Crippen LogP contribution in [0.3, 0.4) is 0 Å². The molecule has 0 atom stereocenters. The lowest BCUT2D eigenvalue weighted by molar-refractivity contribution is -0.117. The second kappa shape index (κ2) is 4.10. The van der Waals surface area contributed by atoms with Gasteiger partial charge in [0, 0.05) is 29.4 Å². The van der Waals surface area contributed by atoms with Crippen molar-refractivity contribution in [2.45, 2.75) is 11.3 Å². The average Bonchev–Trinajstić information content (AvgIpc) is 2.47. The molecule has 1 radical (unpaired) electrons. The Balaban J connectivity index is 2.74.